The second kappa shape index (κ2) is 5.77. The number of furan rings is 1. The normalized spacial score (nSPS) is 11.2. The van der Waals surface area contributed by atoms with Gasteiger partial charge in [-0.1, -0.05) is 12.1 Å². The molecule has 22 heavy (non-hydrogen) atoms. The monoisotopic (exact) mass is 297 g/mol. The second-order valence-corrected chi connectivity index (χ2v) is 4.73. The minimum Gasteiger partial charge on any atom is -0.493 e. The molecule has 6 nitrogen and oxygen atoms in total. The number of aromatic nitrogens is 1. The van der Waals surface area contributed by atoms with Crippen LogP contribution in [0.25, 0.3) is 11.0 Å². The zero-order valence-corrected chi connectivity index (χ0v) is 12.2. The molecule has 0 aliphatic rings. The van der Waals surface area contributed by atoms with E-state index in [0.29, 0.717) is 11.3 Å². The van der Waals surface area contributed by atoms with Crippen LogP contribution < -0.4 is 10.2 Å². The first kappa shape index (κ1) is 13.9. The van der Waals surface area contributed by atoms with Gasteiger partial charge in [-0.15, -0.1) is 0 Å². The summed E-state index contributed by atoms with van der Waals surface area (Å²) in [6.45, 7) is 0. The molecule has 2 heterocycles. The van der Waals surface area contributed by atoms with Gasteiger partial charge in [-0.2, -0.15) is 5.10 Å². The molecule has 112 valence electrons. The molecule has 0 saturated carbocycles. The number of rotatable bonds is 4. The van der Waals surface area contributed by atoms with Crippen molar-refractivity contribution < 1.29 is 13.9 Å². The van der Waals surface area contributed by atoms with Gasteiger partial charge >= 0.3 is 5.91 Å². The molecule has 0 saturated heterocycles. The van der Waals surface area contributed by atoms with Crippen LogP contribution in [-0.4, -0.2) is 23.8 Å². The zero-order chi connectivity index (χ0) is 15.5. The van der Waals surface area contributed by atoms with E-state index in [0.717, 1.165) is 11.1 Å². The van der Waals surface area contributed by atoms with E-state index in [9.17, 15) is 4.79 Å². The average Bonchev–Trinajstić information content (AvgIpc) is 3.13. The summed E-state index contributed by atoms with van der Waals surface area (Å²) in [5, 5.41) is 4.73. The highest BCUT2D eigenvalue weighted by atomic mass is 16.5. The molecule has 6 heteroatoms. The van der Waals surface area contributed by atoms with Crippen LogP contribution in [0.3, 0.4) is 0 Å². The molecule has 0 bridgehead atoms. The van der Waals surface area contributed by atoms with Crippen molar-refractivity contribution in [2.45, 2.75) is 0 Å². The topological polar surface area (TPSA) is 68.8 Å². The number of amides is 1. The van der Waals surface area contributed by atoms with Crippen molar-refractivity contribution in [2.24, 2.45) is 12.1 Å². The first-order valence-corrected chi connectivity index (χ1v) is 6.70. The summed E-state index contributed by atoms with van der Waals surface area (Å²) in [6.07, 6.45) is 3.47. The fourth-order valence-corrected chi connectivity index (χ4v) is 2.13. The Balaban J connectivity index is 1.78. The molecule has 0 atom stereocenters. The quantitative estimate of drug-likeness (QED) is 0.594. The average molecular weight is 297 g/mol. The second-order valence-electron chi connectivity index (χ2n) is 4.73. The first-order chi connectivity index (χ1) is 10.7. The highest BCUT2D eigenvalue weighted by Crippen LogP contribution is 2.28. The SMILES string of the molecule is COc1cccc2cc(C(=O)NN=Cc3cccn3C)oc12. The van der Waals surface area contributed by atoms with E-state index in [1.54, 1.807) is 25.5 Å². The largest absolute Gasteiger partial charge is 0.493 e. The van der Waals surface area contributed by atoms with Crippen LogP contribution in [0.4, 0.5) is 0 Å². The summed E-state index contributed by atoms with van der Waals surface area (Å²) in [4.78, 5) is 12.1. The third kappa shape index (κ3) is 2.58. The standard InChI is InChI=1S/C16H15N3O3/c1-19-8-4-6-12(19)10-17-18-16(20)14-9-11-5-3-7-13(21-2)15(11)22-14/h3-10H,1-2H3,(H,18,20). The van der Waals surface area contributed by atoms with Crippen molar-refractivity contribution in [3.8, 4) is 5.75 Å². The Labute approximate surface area is 127 Å². The number of nitrogens with zero attached hydrogens (tertiary/aromatic N) is 2. The van der Waals surface area contributed by atoms with Crippen molar-refractivity contribution in [1.29, 1.82) is 0 Å². The number of hydrogen-bond donors (Lipinski definition) is 1. The molecular weight excluding hydrogens is 282 g/mol. The fraction of sp³-hybridized carbons (Fsp3) is 0.125. The predicted molar refractivity (Wildman–Crippen MR) is 83.2 cm³/mol. The summed E-state index contributed by atoms with van der Waals surface area (Å²) in [5.41, 5.74) is 3.87. The third-order valence-corrected chi connectivity index (χ3v) is 3.30. The maximum Gasteiger partial charge on any atom is 0.307 e. The summed E-state index contributed by atoms with van der Waals surface area (Å²) >= 11 is 0. The summed E-state index contributed by atoms with van der Waals surface area (Å²) in [7, 11) is 3.45. The van der Waals surface area contributed by atoms with Gasteiger partial charge in [0.1, 0.15) is 0 Å². The Morgan fingerprint density at radius 2 is 2.23 bits per heavy atom. The number of aryl methyl sites for hydroxylation is 1. The van der Waals surface area contributed by atoms with Crippen molar-refractivity contribution in [3.63, 3.8) is 0 Å². The number of para-hydroxylation sites is 1. The number of methoxy groups -OCH3 is 1. The summed E-state index contributed by atoms with van der Waals surface area (Å²) in [6, 6.07) is 10.9. The Morgan fingerprint density at radius 3 is 2.95 bits per heavy atom. The fourth-order valence-electron chi connectivity index (χ4n) is 2.13. The number of fused-ring (bicyclic) bond motifs is 1. The smallest absolute Gasteiger partial charge is 0.307 e. The maximum atomic E-state index is 12.1. The van der Waals surface area contributed by atoms with Crippen LogP contribution in [0.5, 0.6) is 5.75 Å². The molecule has 1 N–H and O–H groups in total. The van der Waals surface area contributed by atoms with Crippen LogP contribution in [0.2, 0.25) is 0 Å². The van der Waals surface area contributed by atoms with E-state index >= 15 is 0 Å². The van der Waals surface area contributed by atoms with Crippen LogP contribution in [-0.2, 0) is 7.05 Å². The molecular formula is C16H15N3O3. The van der Waals surface area contributed by atoms with Gasteiger partial charge in [0, 0.05) is 18.6 Å². The summed E-state index contributed by atoms with van der Waals surface area (Å²) in [5.74, 6) is 0.358. The van der Waals surface area contributed by atoms with Crippen LogP contribution in [0.1, 0.15) is 16.2 Å². The number of hydrazone groups is 1. The molecule has 1 amide bonds. The minimum atomic E-state index is -0.413. The van der Waals surface area contributed by atoms with E-state index in [2.05, 4.69) is 10.5 Å². The van der Waals surface area contributed by atoms with Crippen molar-refractivity contribution >= 4 is 23.1 Å². The molecule has 0 spiro atoms. The van der Waals surface area contributed by atoms with E-state index in [4.69, 9.17) is 9.15 Å². The van der Waals surface area contributed by atoms with Crippen molar-refractivity contribution in [3.05, 3.63) is 54.0 Å². The lowest BCUT2D eigenvalue weighted by molar-refractivity contribution is 0.0929. The molecule has 3 rings (SSSR count). The van der Waals surface area contributed by atoms with Crippen LogP contribution in [0, 0.1) is 0 Å². The molecule has 3 aromatic rings. The Bertz CT molecular complexity index is 845. The predicted octanol–water partition coefficient (Wildman–Crippen LogP) is 2.54. The number of carbonyl (C=O) groups excluding carboxylic acids is 1. The molecule has 0 fully saturated rings. The van der Waals surface area contributed by atoms with E-state index in [1.807, 2.05) is 42.1 Å². The van der Waals surface area contributed by atoms with Crippen LogP contribution >= 0.6 is 0 Å². The molecule has 0 unspecified atom stereocenters. The molecule has 0 radical (unpaired) electrons. The Morgan fingerprint density at radius 1 is 1.36 bits per heavy atom. The number of hydrogen-bond acceptors (Lipinski definition) is 4. The maximum absolute atomic E-state index is 12.1. The lowest BCUT2D eigenvalue weighted by Gasteiger charge is -1.99. The Hall–Kier alpha value is -3.02. The molecule has 1 aromatic carbocycles. The van der Waals surface area contributed by atoms with E-state index in [1.165, 1.54) is 0 Å². The van der Waals surface area contributed by atoms with Gasteiger partial charge in [-0.3, -0.25) is 4.79 Å². The minimum absolute atomic E-state index is 0.184. The van der Waals surface area contributed by atoms with Crippen LogP contribution in [0.15, 0.2) is 52.1 Å². The van der Waals surface area contributed by atoms with Gasteiger partial charge < -0.3 is 13.7 Å². The van der Waals surface area contributed by atoms with E-state index in [-0.39, 0.29) is 5.76 Å². The highest BCUT2D eigenvalue weighted by Gasteiger charge is 2.14. The third-order valence-electron chi connectivity index (χ3n) is 3.30. The van der Waals surface area contributed by atoms with E-state index < -0.39 is 5.91 Å². The van der Waals surface area contributed by atoms with Crippen molar-refractivity contribution in [2.75, 3.05) is 7.11 Å². The van der Waals surface area contributed by atoms with Gasteiger partial charge in [0.25, 0.3) is 0 Å². The highest BCUT2D eigenvalue weighted by molar-refractivity contribution is 5.97. The molecule has 2 aromatic heterocycles. The van der Waals surface area contributed by atoms with Gasteiger partial charge in [0.2, 0.25) is 0 Å². The molecule has 0 aliphatic carbocycles. The number of nitrogens with one attached hydrogen (secondary N) is 1. The van der Waals surface area contributed by atoms with Gasteiger partial charge in [0.05, 0.1) is 19.0 Å². The number of carbonyl (C=O) groups is 1. The zero-order valence-electron chi connectivity index (χ0n) is 12.2. The van der Waals surface area contributed by atoms with Gasteiger partial charge in [-0.25, -0.2) is 5.43 Å². The van der Waals surface area contributed by atoms with Gasteiger partial charge in [-0.05, 0) is 24.3 Å². The van der Waals surface area contributed by atoms with Gasteiger partial charge in [0.15, 0.2) is 17.1 Å². The Kier molecular flexibility index (Phi) is 3.65. The number of ether oxygens (including phenoxy) is 1. The summed E-state index contributed by atoms with van der Waals surface area (Å²) < 4.78 is 12.6. The lowest BCUT2D eigenvalue weighted by Crippen LogP contribution is -2.17. The number of benzene rings is 1. The van der Waals surface area contributed by atoms with Crippen molar-refractivity contribution in [1.82, 2.24) is 9.99 Å². The first-order valence-electron chi connectivity index (χ1n) is 6.70. The lowest BCUT2D eigenvalue weighted by atomic mass is 10.2. The molecule has 0 aliphatic heterocycles.